The smallest absolute Gasteiger partial charge is 0.255 e. The van der Waals surface area contributed by atoms with Crippen LogP contribution in [0.1, 0.15) is 53.6 Å². The number of anilines is 1. The van der Waals surface area contributed by atoms with Crippen molar-refractivity contribution in [2.45, 2.75) is 44.9 Å². The van der Waals surface area contributed by atoms with Gasteiger partial charge in [-0.15, -0.1) is 0 Å². The molecule has 206 valence electrons. The van der Waals surface area contributed by atoms with Gasteiger partial charge in [0.1, 0.15) is 12.4 Å². The highest BCUT2D eigenvalue weighted by atomic mass is 16.5. The van der Waals surface area contributed by atoms with Gasteiger partial charge in [-0.1, -0.05) is 30.4 Å². The number of amides is 3. The number of para-hydroxylation sites is 1. The Morgan fingerprint density at radius 2 is 1.79 bits per heavy atom. The summed E-state index contributed by atoms with van der Waals surface area (Å²) in [6.45, 7) is 2.46. The maximum atomic E-state index is 13.5. The van der Waals surface area contributed by atoms with Gasteiger partial charge >= 0.3 is 0 Å². The molecule has 1 unspecified atom stereocenters. The number of fused-ring (bicyclic) bond motifs is 2. The van der Waals surface area contributed by atoms with Crippen molar-refractivity contribution in [3.05, 3.63) is 71.3 Å². The maximum absolute atomic E-state index is 13.5. The Kier molecular flexibility index (Phi) is 8.61. The third kappa shape index (κ3) is 6.68. The van der Waals surface area contributed by atoms with E-state index in [2.05, 4.69) is 33.0 Å². The van der Waals surface area contributed by atoms with Crippen LogP contribution in [0.4, 0.5) is 5.69 Å². The zero-order valence-electron chi connectivity index (χ0n) is 22.5. The molecule has 1 spiro atoms. The van der Waals surface area contributed by atoms with Gasteiger partial charge < -0.3 is 20.7 Å². The maximum Gasteiger partial charge on any atom is 0.255 e. The van der Waals surface area contributed by atoms with Gasteiger partial charge in [0, 0.05) is 25.3 Å². The monoisotopic (exact) mass is 530 g/mol. The molecule has 2 aromatic carbocycles. The number of hydrogen-bond donors (Lipinski definition) is 3. The van der Waals surface area contributed by atoms with Crippen LogP contribution >= 0.6 is 0 Å². The number of carbonyl (C=O) groups excluding carboxylic acids is 3. The van der Waals surface area contributed by atoms with Crippen molar-refractivity contribution in [1.82, 2.24) is 15.5 Å². The topological polar surface area (TPSA) is 99.8 Å². The molecule has 0 bridgehead atoms. The highest BCUT2D eigenvalue weighted by Crippen LogP contribution is 2.34. The second-order valence-corrected chi connectivity index (χ2v) is 10.8. The molecular weight excluding hydrogens is 492 g/mol. The fourth-order valence-corrected chi connectivity index (χ4v) is 5.95. The van der Waals surface area contributed by atoms with Crippen LogP contribution in [-0.2, 0) is 22.4 Å². The number of hydrogen-bond acceptors (Lipinski definition) is 5. The molecule has 1 saturated heterocycles. The average molecular weight is 531 g/mol. The minimum absolute atomic E-state index is 0.0421. The zero-order chi connectivity index (χ0) is 27.1. The quantitative estimate of drug-likeness (QED) is 0.528. The lowest BCUT2D eigenvalue weighted by Crippen LogP contribution is -2.53. The highest BCUT2D eigenvalue weighted by molar-refractivity contribution is 5.97. The van der Waals surface area contributed by atoms with E-state index in [1.165, 1.54) is 24.0 Å². The molecule has 1 fully saturated rings. The van der Waals surface area contributed by atoms with Gasteiger partial charge in [0.05, 0.1) is 17.5 Å². The summed E-state index contributed by atoms with van der Waals surface area (Å²) in [5, 5.41) is 8.98. The fourth-order valence-electron chi connectivity index (χ4n) is 5.95. The molecule has 3 N–H and O–H groups in total. The van der Waals surface area contributed by atoms with Crippen LogP contribution in [0.5, 0.6) is 5.75 Å². The van der Waals surface area contributed by atoms with Crippen molar-refractivity contribution in [3.8, 4) is 5.75 Å². The molecule has 3 amide bonds. The Bertz CT molecular complexity index is 1240. The number of ether oxygens (including phenoxy) is 1. The number of benzene rings is 2. The third-order valence-electron chi connectivity index (χ3n) is 7.98. The summed E-state index contributed by atoms with van der Waals surface area (Å²) in [5.41, 5.74) is 3.39. The van der Waals surface area contributed by atoms with E-state index < -0.39 is 5.41 Å². The Morgan fingerprint density at radius 3 is 2.69 bits per heavy atom. The first-order chi connectivity index (χ1) is 19.0. The molecule has 2 aromatic rings. The standard InChI is InChI=1S/C31H38N4O4/c36-28(34-25-13-12-23-8-1-2-9-24(23)20-25)21-35-18-7-15-31(22-35)14-5-6-19-39-27-11-4-3-10-26(27)29(37)32-16-17-33-30(31)38/h3-6,10-13,20H,1-2,7-9,14-19,21-22H2,(H,32,37)(H,33,38)(H,34,36). The van der Waals surface area contributed by atoms with E-state index in [1.807, 2.05) is 24.3 Å². The van der Waals surface area contributed by atoms with Gasteiger partial charge in [-0.05, 0) is 86.9 Å². The number of likely N-dealkylation sites (tertiary alicyclic amines) is 1. The van der Waals surface area contributed by atoms with E-state index in [1.54, 1.807) is 18.2 Å². The number of rotatable bonds is 3. The van der Waals surface area contributed by atoms with E-state index in [4.69, 9.17) is 4.74 Å². The van der Waals surface area contributed by atoms with E-state index >= 15 is 0 Å². The van der Waals surface area contributed by atoms with Gasteiger partial charge in [0.15, 0.2) is 0 Å². The molecule has 39 heavy (non-hydrogen) atoms. The molecule has 0 radical (unpaired) electrons. The molecule has 5 rings (SSSR count). The Balaban J connectivity index is 1.24. The fraction of sp³-hybridized carbons (Fsp3) is 0.452. The second-order valence-electron chi connectivity index (χ2n) is 10.8. The predicted octanol–water partition coefficient (Wildman–Crippen LogP) is 3.47. The lowest BCUT2D eigenvalue weighted by molar-refractivity contribution is -0.135. The van der Waals surface area contributed by atoms with Gasteiger partial charge in [0.2, 0.25) is 11.8 Å². The van der Waals surface area contributed by atoms with Crippen LogP contribution < -0.4 is 20.7 Å². The molecule has 1 atom stereocenters. The minimum Gasteiger partial charge on any atom is -0.489 e. The summed E-state index contributed by atoms with van der Waals surface area (Å²) >= 11 is 0. The van der Waals surface area contributed by atoms with E-state index in [-0.39, 0.29) is 24.3 Å². The van der Waals surface area contributed by atoms with Crippen molar-refractivity contribution in [2.75, 3.05) is 44.6 Å². The van der Waals surface area contributed by atoms with Crippen molar-refractivity contribution in [2.24, 2.45) is 5.41 Å². The molecule has 1 aliphatic carbocycles. The molecule has 0 saturated carbocycles. The summed E-state index contributed by atoms with van der Waals surface area (Å²) in [5.74, 6) is 0.197. The van der Waals surface area contributed by atoms with E-state index in [0.717, 1.165) is 37.9 Å². The van der Waals surface area contributed by atoms with Gasteiger partial charge in [-0.3, -0.25) is 19.3 Å². The first-order valence-electron chi connectivity index (χ1n) is 14.1. The summed E-state index contributed by atoms with van der Waals surface area (Å²) in [6.07, 6.45) is 10.6. The molecule has 8 nitrogen and oxygen atoms in total. The summed E-state index contributed by atoms with van der Waals surface area (Å²) in [6, 6.07) is 13.4. The molecule has 2 heterocycles. The number of carbonyl (C=O) groups is 3. The Labute approximate surface area is 230 Å². The van der Waals surface area contributed by atoms with Crippen LogP contribution in [-0.4, -0.2) is 62.0 Å². The van der Waals surface area contributed by atoms with Crippen molar-refractivity contribution in [3.63, 3.8) is 0 Å². The average Bonchev–Trinajstić information content (AvgIpc) is 2.94. The lowest BCUT2D eigenvalue weighted by atomic mass is 9.76. The third-order valence-corrected chi connectivity index (χ3v) is 7.98. The highest BCUT2D eigenvalue weighted by Gasteiger charge is 2.41. The van der Waals surface area contributed by atoms with E-state index in [0.29, 0.717) is 44.0 Å². The second kappa shape index (κ2) is 12.5. The first-order valence-corrected chi connectivity index (χ1v) is 14.1. The van der Waals surface area contributed by atoms with Crippen molar-refractivity contribution >= 4 is 23.4 Å². The SMILES string of the molecule is O=C(CN1CCCC2(CC=CCOc3ccccc3C(=O)NCCNC2=O)C1)Nc1ccc2c(c1)CCCC2. The molecule has 3 aliphatic rings. The number of nitrogens with zero attached hydrogens (tertiary/aromatic N) is 1. The van der Waals surface area contributed by atoms with E-state index in [9.17, 15) is 14.4 Å². The number of nitrogens with one attached hydrogen (secondary N) is 3. The van der Waals surface area contributed by atoms with Gasteiger partial charge in [0.25, 0.3) is 5.91 Å². The van der Waals surface area contributed by atoms with Crippen molar-refractivity contribution in [1.29, 1.82) is 0 Å². The zero-order valence-corrected chi connectivity index (χ0v) is 22.5. The lowest BCUT2D eigenvalue weighted by Gasteiger charge is -2.41. The molecule has 2 aliphatic heterocycles. The summed E-state index contributed by atoms with van der Waals surface area (Å²) < 4.78 is 5.86. The predicted molar refractivity (Wildman–Crippen MR) is 151 cm³/mol. The number of allylic oxidation sites excluding steroid dienone is 1. The van der Waals surface area contributed by atoms with Crippen LogP contribution in [0, 0.1) is 5.41 Å². The summed E-state index contributed by atoms with van der Waals surface area (Å²) in [4.78, 5) is 41.2. The van der Waals surface area contributed by atoms with Crippen LogP contribution in [0.2, 0.25) is 0 Å². The Morgan fingerprint density at radius 1 is 0.974 bits per heavy atom. The first kappa shape index (κ1) is 26.9. The number of aryl methyl sites for hydroxylation is 2. The van der Waals surface area contributed by atoms with Gasteiger partial charge in [-0.2, -0.15) is 0 Å². The molecule has 8 heteroatoms. The molecule has 0 aromatic heterocycles. The molecular formula is C31H38N4O4. The minimum atomic E-state index is -0.646. The summed E-state index contributed by atoms with van der Waals surface area (Å²) in [7, 11) is 0. The normalized spacial score (nSPS) is 22.5. The number of piperidine rings is 1. The van der Waals surface area contributed by atoms with Crippen LogP contribution in [0.25, 0.3) is 0 Å². The largest absolute Gasteiger partial charge is 0.489 e. The van der Waals surface area contributed by atoms with Crippen molar-refractivity contribution < 1.29 is 19.1 Å². The Hall–Kier alpha value is -3.65. The van der Waals surface area contributed by atoms with Gasteiger partial charge in [-0.25, -0.2) is 0 Å². The van der Waals surface area contributed by atoms with Crippen LogP contribution in [0.15, 0.2) is 54.6 Å². The van der Waals surface area contributed by atoms with Crippen LogP contribution in [0.3, 0.4) is 0 Å².